The van der Waals surface area contributed by atoms with Gasteiger partial charge in [-0.05, 0) is 6.42 Å². The quantitative estimate of drug-likeness (QED) is 0.705. The molecule has 1 aliphatic rings. The lowest BCUT2D eigenvalue weighted by Crippen LogP contribution is -2.50. The van der Waals surface area contributed by atoms with E-state index in [0.717, 1.165) is 24.5 Å². The number of anilines is 1. The molecule has 0 bridgehead atoms. The van der Waals surface area contributed by atoms with Crippen LogP contribution in [-0.2, 0) is 6.54 Å². The summed E-state index contributed by atoms with van der Waals surface area (Å²) in [6.45, 7) is 0.491. The first-order valence-electron chi connectivity index (χ1n) is 8.38. The molecule has 27 heavy (non-hydrogen) atoms. The maximum absolute atomic E-state index is 14.5. The normalized spacial score (nSPS) is 20.4. The first-order valence-corrected chi connectivity index (χ1v) is 8.38. The summed E-state index contributed by atoms with van der Waals surface area (Å²) in [5.41, 5.74) is 6.00. The van der Waals surface area contributed by atoms with Crippen LogP contribution in [0.15, 0.2) is 24.5 Å². The fourth-order valence-corrected chi connectivity index (χ4v) is 3.26. The summed E-state index contributed by atoms with van der Waals surface area (Å²) in [6, 6.07) is 1.16. The predicted molar refractivity (Wildman–Crippen MR) is 90.4 cm³/mol. The number of fused-ring (bicyclic) bond motifs is 1. The molecule has 4 rings (SSSR count). The summed E-state index contributed by atoms with van der Waals surface area (Å²) in [5, 5.41) is 0. The van der Waals surface area contributed by atoms with Gasteiger partial charge in [0.15, 0.2) is 11.6 Å². The highest BCUT2D eigenvalue weighted by atomic mass is 19.1. The van der Waals surface area contributed by atoms with Crippen molar-refractivity contribution in [2.45, 2.75) is 25.2 Å². The zero-order chi connectivity index (χ0) is 19.1. The number of aromatic nitrogens is 4. The summed E-state index contributed by atoms with van der Waals surface area (Å²) in [5.74, 6) is -1.61. The highest BCUT2D eigenvalue weighted by Crippen LogP contribution is 2.28. The fraction of sp³-hybridized carbons (Fsp3) is 0.353. The molecule has 3 aromatic rings. The van der Waals surface area contributed by atoms with E-state index in [9.17, 15) is 17.6 Å². The van der Waals surface area contributed by atoms with Crippen LogP contribution >= 0.6 is 0 Å². The van der Waals surface area contributed by atoms with Gasteiger partial charge in [0, 0.05) is 25.2 Å². The van der Waals surface area contributed by atoms with Crippen LogP contribution in [0.4, 0.5) is 23.5 Å². The number of rotatable bonds is 3. The molecule has 1 unspecified atom stereocenters. The Morgan fingerprint density at radius 2 is 1.85 bits per heavy atom. The van der Waals surface area contributed by atoms with Crippen molar-refractivity contribution in [3.05, 3.63) is 47.8 Å². The van der Waals surface area contributed by atoms with Crippen LogP contribution in [0.25, 0.3) is 11.0 Å². The van der Waals surface area contributed by atoms with Crippen LogP contribution < -0.4 is 10.6 Å². The predicted octanol–water partition coefficient (Wildman–Crippen LogP) is 2.17. The molecule has 2 atom stereocenters. The molecule has 1 aliphatic heterocycles. The molecule has 0 saturated carbocycles. The first-order chi connectivity index (χ1) is 12.9. The Morgan fingerprint density at radius 3 is 2.56 bits per heavy atom. The summed E-state index contributed by atoms with van der Waals surface area (Å²) < 4.78 is 56.4. The molecule has 142 valence electrons. The Kier molecular flexibility index (Phi) is 4.42. The van der Waals surface area contributed by atoms with E-state index in [1.807, 2.05) is 0 Å². The molecular formula is C17H16F4N6. The summed E-state index contributed by atoms with van der Waals surface area (Å²) >= 11 is 0. The van der Waals surface area contributed by atoms with E-state index in [1.165, 1.54) is 4.57 Å². The van der Waals surface area contributed by atoms with Crippen LogP contribution in [0.3, 0.4) is 0 Å². The zero-order valence-corrected chi connectivity index (χ0v) is 14.1. The molecule has 1 fully saturated rings. The standard InChI is InChI=1S/C17H16F4N6/c18-9-3-12(21)16-14(4-9)25-17(26-2-1-11(20)13(22)7-26)27(16)8-15-23-5-10(19)6-24-15/h3-6,11,13H,1-2,7-8,22H2/t11?,13-/m1/s1. The maximum Gasteiger partial charge on any atom is 0.207 e. The van der Waals surface area contributed by atoms with Crippen molar-refractivity contribution in [1.29, 1.82) is 0 Å². The SMILES string of the molecule is N[C@@H]1CN(c2nc3cc(F)cc(F)c3n2Cc2ncc(F)cn2)CCC1F. The summed E-state index contributed by atoms with van der Waals surface area (Å²) in [4.78, 5) is 13.8. The van der Waals surface area contributed by atoms with Gasteiger partial charge in [-0.3, -0.25) is 4.57 Å². The average Bonchev–Trinajstić information content (AvgIpc) is 2.97. The molecule has 1 aromatic carbocycles. The topological polar surface area (TPSA) is 72.9 Å². The Bertz CT molecular complexity index is 974. The van der Waals surface area contributed by atoms with Crippen LogP contribution in [0.2, 0.25) is 0 Å². The van der Waals surface area contributed by atoms with Crippen LogP contribution in [0, 0.1) is 17.5 Å². The third-order valence-electron chi connectivity index (χ3n) is 4.57. The van der Waals surface area contributed by atoms with Gasteiger partial charge in [0.25, 0.3) is 0 Å². The number of halogens is 4. The number of hydrogen-bond donors (Lipinski definition) is 1. The minimum absolute atomic E-state index is 0.0144. The molecule has 0 aliphatic carbocycles. The number of benzene rings is 1. The van der Waals surface area contributed by atoms with Crippen LogP contribution in [-0.4, -0.2) is 44.8 Å². The smallest absolute Gasteiger partial charge is 0.207 e. The number of nitrogens with two attached hydrogens (primary N) is 1. The second-order valence-corrected chi connectivity index (χ2v) is 6.49. The number of piperidine rings is 1. The second kappa shape index (κ2) is 6.76. The summed E-state index contributed by atoms with van der Waals surface area (Å²) in [7, 11) is 0. The van der Waals surface area contributed by atoms with Gasteiger partial charge in [0.1, 0.15) is 23.3 Å². The highest BCUT2D eigenvalue weighted by molar-refractivity contribution is 5.80. The molecule has 2 aromatic heterocycles. The van der Waals surface area contributed by atoms with Crippen molar-refractivity contribution in [2.75, 3.05) is 18.0 Å². The Hall–Kier alpha value is -2.75. The highest BCUT2D eigenvalue weighted by Gasteiger charge is 2.30. The van der Waals surface area contributed by atoms with Crippen molar-refractivity contribution in [1.82, 2.24) is 19.5 Å². The minimum atomic E-state index is -1.13. The van der Waals surface area contributed by atoms with E-state index in [1.54, 1.807) is 4.90 Å². The van der Waals surface area contributed by atoms with Crippen molar-refractivity contribution in [3.8, 4) is 0 Å². The van der Waals surface area contributed by atoms with E-state index in [-0.39, 0.29) is 36.4 Å². The molecular weight excluding hydrogens is 364 g/mol. The van der Waals surface area contributed by atoms with E-state index in [0.29, 0.717) is 12.5 Å². The van der Waals surface area contributed by atoms with E-state index in [2.05, 4.69) is 15.0 Å². The Balaban J connectivity index is 1.82. The molecule has 0 radical (unpaired) electrons. The van der Waals surface area contributed by atoms with Gasteiger partial charge in [-0.1, -0.05) is 0 Å². The molecule has 3 heterocycles. The van der Waals surface area contributed by atoms with E-state index in [4.69, 9.17) is 5.73 Å². The van der Waals surface area contributed by atoms with Gasteiger partial charge in [-0.15, -0.1) is 0 Å². The molecule has 10 heteroatoms. The molecule has 1 saturated heterocycles. The lowest BCUT2D eigenvalue weighted by atomic mass is 10.1. The molecule has 0 amide bonds. The second-order valence-electron chi connectivity index (χ2n) is 6.49. The lowest BCUT2D eigenvalue weighted by Gasteiger charge is -2.34. The monoisotopic (exact) mass is 380 g/mol. The van der Waals surface area contributed by atoms with Gasteiger partial charge in [-0.2, -0.15) is 0 Å². The molecule has 6 nitrogen and oxygen atoms in total. The minimum Gasteiger partial charge on any atom is -0.340 e. The largest absolute Gasteiger partial charge is 0.340 e. The third kappa shape index (κ3) is 3.32. The van der Waals surface area contributed by atoms with Crippen molar-refractivity contribution in [2.24, 2.45) is 5.73 Å². The number of imidazole rings is 1. The molecule has 2 N–H and O–H groups in total. The van der Waals surface area contributed by atoms with Gasteiger partial charge >= 0.3 is 0 Å². The van der Waals surface area contributed by atoms with Crippen molar-refractivity contribution >= 4 is 17.0 Å². The first kappa shape index (κ1) is 17.7. The number of hydrogen-bond acceptors (Lipinski definition) is 5. The number of nitrogens with zero attached hydrogens (tertiary/aromatic N) is 5. The third-order valence-corrected chi connectivity index (χ3v) is 4.57. The Labute approximate surface area is 151 Å². The van der Waals surface area contributed by atoms with Gasteiger partial charge < -0.3 is 10.6 Å². The van der Waals surface area contributed by atoms with Crippen LogP contribution in [0.1, 0.15) is 12.2 Å². The van der Waals surface area contributed by atoms with E-state index >= 15 is 0 Å². The van der Waals surface area contributed by atoms with Gasteiger partial charge in [0.2, 0.25) is 5.95 Å². The van der Waals surface area contributed by atoms with E-state index < -0.39 is 29.7 Å². The zero-order valence-electron chi connectivity index (χ0n) is 14.1. The van der Waals surface area contributed by atoms with Gasteiger partial charge in [-0.25, -0.2) is 32.5 Å². The Morgan fingerprint density at radius 1 is 1.11 bits per heavy atom. The molecule has 0 spiro atoms. The maximum atomic E-state index is 14.5. The van der Waals surface area contributed by atoms with Gasteiger partial charge in [0.05, 0.1) is 30.5 Å². The number of alkyl halides is 1. The average molecular weight is 380 g/mol. The summed E-state index contributed by atoms with van der Waals surface area (Å²) in [6.07, 6.45) is 1.08. The van der Waals surface area contributed by atoms with Crippen molar-refractivity contribution < 1.29 is 17.6 Å². The fourth-order valence-electron chi connectivity index (χ4n) is 3.26. The van der Waals surface area contributed by atoms with Crippen molar-refractivity contribution in [3.63, 3.8) is 0 Å². The van der Waals surface area contributed by atoms with Crippen LogP contribution in [0.5, 0.6) is 0 Å². The lowest BCUT2D eigenvalue weighted by molar-refractivity contribution is 0.243.